The number of carboxylic acid groups (broad SMARTS) is 1. The van der Waals surface area contributed by atoms with E-state index in [1.54, 1.807) is 54.6 Å². The first-order valence-corrected chi connectivity index (χ1v) is 16.2. The van der Waals surface area contributed by atoms with Crippen LogP contribution in [-0.2, 0) is 41.7 Å². The van der Waals surface area contributed by atoms with Gasteiger partial charge < -0.3 is 47.5 Å². The molecule has 0 spiro atoms. The van der Waals surface area contributed by atoms with Crippen molar-refractivity contribution >= 4 is 41.7 Å². The second kappa shape index (κ2) is 21.3. The second-order valence-corrected chi connectivity index (χ2v) is 12.0. The van der Waals surface area contributed by atoms with E-state index >= 15 is 0 Å². The summed E-state index contributed by atoms with van der Waals surface area (Å²) in [5.74, 6) is -4.37. The normalized spacial score (nSPS) is 13.0. The van der Waals surface area contributed by atoms with E-state index in [0.717, 1.165) is 5.56 Å². The maximum absolute atomic E-state index is 13.6. The molecule has 10 N–H and O–H groups in total. The van der Waals surface area contributed by atoms with E-state index in [2.05, 4.69) is 31.9 Å². The van der Waals surface area contributed by atoms with E-state index in [-0.39, 0.29) is 44.3 Å². The molecule has 16 nitrogen and oxygen atoms in total. The largest absolute Gasteiger partial charge is 0.480 e. The predicted molar refractivity (Wildman–Crippen MR) is 184 cm³/mol. The van der Waals surface area contributed by atoms with Gasteiger partial charge in [-0.3, -0.25) is 24.6 Å². The summed E-state index contributed by atoms with van der Waals surface area (Å²) < 4.78 is 5.12. The van der Waals surface area contributed by atoms with Gasteiger partial charge in [0.2, 0.25) is 23.6 Å². The van der Waals surface area contributed by atoms with Crippen LogP contribution < -0.4 is 37.6 Å². The highest BCUT2D eigenvalue weighted by Gasteiger charge is 2.30. The van der Waals surface area contributed by atoms with Crippen LogP contribution in [0.3, 0.4) is 0 Å². The van der Waals surface area contributed by atoms with Gasteiger partial charge in [0.25, 0.3) is 0 Å². The average Bonchev–Trinajstić information content (AvgIpc) is 3.07. The second-order valence-electron chi connectivity index (χ2n) is 12.0. The van der Waals surface area contributed by atoms with Crippen LogP contribution in [0.25, 0.3) is 0 Å². The van der Waals surface area contributed by atoms with Crippen molar-refractivity contribution in [3.8, 4) is 0 Å². The van der Waals surface area contributed by atoms with Gasteiger partial charge in [0.1, 0.15) is 30.8 Å². The number of rotatable bonds is 20. The van der Waals surface area contributed by atoms with E-state index in [1.807, 2.05) is 19.9 Å². The molecule has 2 rings (SSSR count). The fraction of sp³-hybridized carbons (Fsp3) is 0.441. The standard InChI is InChI=1S/C34H48N8O8/c1-21(2)17-26(30(45)41-25(32(47)48)15-10-16-37-33(35)36)42-31(46)27(18-23-11-6-4-7-12-23)40-28(43)19-38-29(44)22(3)39-34(49)50-20-24-13-8-5-9-14-24/h4-9,11-14,21-22,25-27H,10,15-20H2,1-3H3,(H,38,44)(H,39,49)(H,40,43)(H,41,45)(H,42,46)(H,47,48)(H4,35,36,37). The Hall–Kier alpha value is -5.67. The molecule has 5 amide bonds. The van der Waals surface area contributed by atoms with E-state index < -0.39 is 66.4 Å². The number of nitrogens with one attached hydrogen (secondary N) is 7. The Labute approximate surface area is 291 Å². The Bertz CT molecular complexity index is 1440. The lowest BCUT2D eigenvalue weighted by atomic mass is 10.0. The summed E-state index contributed by atoms with van der Waals surface area (Å²) >= 11 is 0. The molecule has 0 bridgehead atoms. The summed E-state index contributed by atoms with van der Waals surface area (Å²) in [6.45, 7) is 4.81. The lowest BCUT2D eigenvalue weighted by molar-refractivity contribution is -0.142. The van der Waals surface area contributed by atoms with Crippen LogP contribution >= 0.6 is 0 Å². The van der Waals surface area contributed by atoms with Crippen molar-refractivity contribution in [3.63, 3.8) is 0 Å². The van der Waals surface area contributed by atoms with Crippen LogP contribution in [0.15, 0.2) is 60.7 Å². The van der Waals surface area contributed by atoms with Gasteiger partial charge >= 0.3 is 12.1 Å². The summed E-state index contributed by atoms with van der Waals surface area (Å²) in [6, 6.07) is 13.2. The third kappa shape index (κ3) is 16.0. The Kier molecular flexibility index (Phi) is 17.3. The maximum Gasteiger partial charge on any atom is 0.408 e. The molecule has 50 heavy (non-hydrogen) atoms. The summed E-state index contributed by atoms with van der Waals surface area (Å²) in [4.78, 5) is 76.4. The molecule has 272 valence electrons. The number of nitrogens with two attached hydrogens (primary N) is 1. The number of hydrogen-bond donors (Lipinski definition) is 9. The van der Waals surface area contributed by atoms with Crippen LogP contribution in [0.1, 0.15) is 51.2 Å². The quantitative estimate of drug-likeness (QED) is 0.0527. The fourth-order valence-corrected chi connectivity index (χ4v) is 4.67. The summed E-state index contributed by atoms with van der Waals surface area (Å²) in [7, 11) is 0. The topological polar surface area (TPSA) is 254 Å². The highest BCUT2D eigenvalue weighted by molar-refractivity contribution is 5.94. The van der Waals surface area contributed by atoms with Crippen LogP contribution in [0.5, 0.6) is 0 Å². The zero-order chi connectivity index (χ0) is 37.1. The van der Waals surface area contributed by atoms with Gasteiger partial charge in [0, 0.05) is 13.0 Å². The molecule has 0 fully saturated rings. The van der Waals surface area contributed by atoms with Crippen molar-refractivity contribution in [2.75, 3.05) is 13.1 Å². The molecule has 2 aromatic rings. The van der Waals surface area contributed by atoms with Crippen molar-refractivity contribution in [2.45, 2.75) is 77.2 Å². The molecule has 2 aromatic carbocycles. The molecule has 0 aliphatic carbocycles. The van der Waals surface area contributed by atoms with Crippen molar-refractivity contribution in [3.05, 3.63) is 71.8 Å². The van der Waals surface area contributed by atoms with Crippen LogP contribution in [0, 0.1) is 11.3 Å². The first-order chi connectivity index (χ1) is 23.7. The van der Waals surface area contributed by atoms with Gasteiger partial charge in [-0.25, -0.2) is 9.59 Å². The molecule has 0 saturated carbocycles. The summed E-state index contributed by atoms with van der Waals surface area (Å²) in [5, 5.41) is 32.0. The highest BCUT2D eigenvalue weighted by Crippen LogP contribution is 2.09. The molecule has 16 heteroatoms. The SMILES string of the molecule is CC(C)CC(NC(=O)C(Cc1ccccc1)NC(=O)CNC(=O)C(C)NC(=O)OCc1ccccc1)C(=O)NC(CCCNC(=N)N)C(=O)O. The van der Waals surface area contributed by atoms with Gasteiger partial charge in [-0.1, -0.05) is 74.5 Å². The minimum absolute atomic E-state index is 0.00798. The van der Waals surface area contributed by atoms with Gasteiger partial charge in [0.05, 0.1) is 6.54 Å². The monoisotopic (exact) mass is 696 g/mol. The van der Waals surface area contributed by atoms with Crippen LogP contribution in [-0.4, -0.2) is 84.0 Å². The predicted octanol–water partition coefficient (Wildman–Crippen LogP) is 0.509. The molecule has 0 heterocycles. The van der Waals surface area contributed by atoms with Crippen molar-refractivity contribution in [2.24, 2.45) is 11.7 Å². The lowest BCUT2D eigenvalue weighted by Gasteiger charge is -2.26. The number of carbonyl (C=O) groups excluding carboxylic acids is 5. The number of guanidine groups is 1. The van der Waals surface area contributed by atoms with Gasteiger partial charge in [-0.15, -0.1) is 0 Å². The lowest BCUT2D eigenvalue weighted by Crippen LogP contribution is -2.57. The Morgan fingerprint density at radius 3 is 1.92 bits per heavy atom. The number of carbonyl (C=O) groups is 6. The van der Waals surface area contributed by atoms with E-state index in [0.29, 0.717) is 12.0 Å². The van der Waals surface area contributed by atoms with E-state index in [9.17, 15) is 33.9 Å². The Morgan fingerprint density at radius 1 is 0.760 bits per heavy atom. The van der Waals surface area contributed by atoms with Crippen LogP contribution in [0.2, 0.25) is 0 Å². The molecular weight excluding hydrogens is 648 g/mol. The van der Waals surface area contributed by atoms with Gasteiger partial charge in [-0.2, -0.15) is 0 Å². The molecule has 0 aliphatic rings. The minimum Gasteiger partial charge on any atom is -0.480 e. The van der Waals surface area contributed by atoms with Gasteiger partial charge in [0.15, 0.2) is 5.96 Å². The van der Waals surface area contributed by atoms with Gasteiger partial charge in [-0.05, 0) is 43.2 Å². The summed E-state index contributed by atoms with van der Waals surface area (Å²) in [6.07, 6.45) is -0.247. The van der Waals surface area contributed by atoms with Crippen LogP contribution in [0.4, 0.5) is 4.79 Å². The number of aliphatic carboxylic acids is 1. The molecular formula is C34H48N8O8. The Balaban J connectivity index is 2.04. The number of benzene rings is 2. The zero-order valence-corrected chi connectivity index (χ0v) is 28.5. The molecule has 4 unspecified atom stereocenters. The van der Waals surface area contributed by atoms with Crippen molar-refractivity contribution < 1.29 is 38.6 Å². The number of hydrogen-bond acceptors (Lipinski definition) is 8. The third-order valence-corrected chi connectivity index (χ3v) is 7.24. The number of ether oxygens (including phenoxy) is 1. The average molecular weight is 697 g/mol. The van der Waals surface area contributed by atoms with E-state index in [1.165, 1.54) is 6.92 Å². The smallest absolute Gasteiger partial charge is 0.408 e. The van der Waals surface area contributed by atoms with E-state index in [4.69, 9.17) is 15.9 Å². The molecule has 0 aliphatic heterocycles. The fourth-order valence-electron chi connectivity index (χ4n) is 4.67. The molecule has 0 saturated heterocycles. The first-order valence-electron chi connectivity index (χ1n) is 16.2. The number of amides is 5. The first kappa shape index (κ1) is 40.5. The Morgan fingerprint density at radius 2 is 1.34 bits per heavy atom. The molecule has 0 aromatic heterocycles. The highest BCUT2D eigenvalue weighted by atomic mass is 16.5. The maximum atomic E-state index is 13.6. The third-order valence-electron chi connectivity index (χ3n) is 7.24. The number of alkyl carbamates (subject to hydrolysis) is 1. The number of carboxylic acids is 1. The van der Waals surface area contributed by atoms with Crippen molar-refractivity contribution in [1.29, 1.82) is 5.41 Å². The zero-order valence-electron chi connectivity index (χ0n) is 28.5. The minimum atomic E-state index is -1.26. The summed E-state index contributed by atoms with van der Waals surface area (Å²) in [5.41, 5.74) is 6.72. The van der Waals surface area contributed by atoms with Crippen molar-refractivity contribution in [1.82, 2.24) is 31.9 Å². The molecule has 4 atom stereocenters. The molecule has 0 radical (unpaired) electrons.